The van der Waals surface area contributed by atoms with Gasteiger partial charge in [-0.05, 0) is 0 Å². The van der Waals surface area contributed by atoms with Gasteiger partial charge in [-0.3, -0.25) is 0 Å². The first-order valence-electron chi connectivity index (χ1n) is 2.70. The SMILES string of the molecule is [2H]C([2H])(C)CC(F)F. The lowest BCUT2D eigenvalue weighted by Crippen LogP contribution is -1.85. The normalized spacial score (nSPS) is 17.3. The second kappa shape index (κ2) is 3.07. The van der Waals surface area contributed by atoms with Crippen LogP contribution < -0.4 is 0 Å². The molecule has 0 radical (unpaired) electrons. The number of hydrogen-bond acceptors (Lipinski definition) is 0. The van der Waals surface area contributed by atoms with Crippen molar-refractivity contribution < 1.29 is 11.5 Å². The van der Waals surface area contributed by atoms with E-state index in [9.17, 15) is 8.78 Å². The first-order chi connectivity index (χ1) is 3.42. The van der Waals surface area contributed by atoms with Crippen molar-refractivity contribution >= 4 is 0 Å². The van der Waals surface area contributed by atoms with E-state index >= 15 is 0 Å². The van der Waals surface area contributed by atoms with Crippen LogP contribution in [-0.2, 0) is 0 Å². The second-order valence-corrected chi connectivity index (χ2v) is 0.949. The predicted molar refractivity (Wildman–Crippen MR) is 20.9 cm³/mol. The number of rotatable bonds is 2. The third kappa shape index (κ3) is 3.86. The summed E-state index contributed by atoms with van der Waals surface area (Å²) in [4.78, 5) is 0. The molecule has 0 spiro atoms. The van der Waals surface area contributed by atoms with Crippen molar-refractivity contribution in [2.24, 2.45) is 0 Å². The summed E-state index contributed by atoms with van der Waals surface area (Å²) in [5.41, 5.74) is 0. The highest BCUT2D eigenvalue weighted by atomic mass is 19.3. The van der Waals surface area contributed by atoms with Gasteiger partial charge in [0.15, 0.2) is 0 Å². The van der Waals surface area contributed by atoms with Gasteiger partial charge in [-0.2, -0.15) is 0 Å². The lowest BCUT2D eigenvalue weighted by Gasteiger charge is -1.87. The summed E-state index contributed by atoms with van der Waals surface area (Å²) in [5.74, 6) is 0. The molecule has 0 aliphatic carbocycles. The van der Waals surface area contributed by atoms with Gasteiger partial charge in [0.05, 0.1) is 0 Å². The molecule has 0 heterocycles. The van der Waals surface area contributed by atoms with Gasteiger partial charge < -0.3 is 0 Å². The van der Waals surface area contributed by atoms with E-state index in [1.165, 1.54) is 0 Å². The molecule has 0 unspecified atom stereocenters. The van der Waals surface area contributed by atoms with Crippen molar-refractivity contribution in [3.63, 3.8) is 0 Å². The van der Waals surface area contributed by atoms with Crippen LogP contribution in [0, 0.1) is 0 Å². The second-order valence-electron chi connectivity index (χ2n) is 0.949. The Hall–Kier alpha value is -0.140. The summed E-state index contributed by atoms with van der Waals surface area (Å²) in [6.45, 7) is 1.14. The minimum Gasteiger partial charge on any atom is -0.211 e. The van der Waals surface area contributed by atoms with Gasteiger partial charge in [0.25, 0.3) is 0 Å². The van der Waals surface area contributed by atoms with Crippen LogP contribution in [0.5, 0.6) is 0 Å². The summed E-state index contributed by atoms with van der Waals surface area (Å²) in [6.07, 6.45) is -4.93. The Balaban J connectivity index is 3.39. The van der Waals surface area contributed by atoms with Gasteiger partial charge in [0.2, 0.25) is 6.43 Å². The van der Waals surface area contributed by atoms with E-state index in [1.807, 2.05) is 0 Å². The molecule has 0 aliphatic heterocycles. The van der Waals surface area contributed by atoms with Gasteiger partial charge in [-0.25, -0.2) is 8.78 Å². The summed E-state index contributed by atoms with van der Waals surface area (Å²) in [5, 5.41) is 0. The minimum atomic E-state index is -2.53. The van der Waals surface area contributed by atoms with Crippen LogP contribution in [0.1, 0.15) is 22.5 Å². The lowest BCUT2D eigenvalue weighted by molar-refractivity contribution is 0.137. The Kier molecular flexibility index (Phi) is 1.50. The van der Waals surface area contributed by atoms with Crippen molar-refractivity contribution in [1.29, 1.82) is 0 Å². The van der Waals surface area contributed by atoms with Gasteiger partial charge >= 0.3 is 0 Å². The third-order valence-corrected chi connectivity index (χ3v) is 0.358. The summed E-state index contributed by atoms with van der Waals surface area (Å²) >= 11 is 0. The Morgan fingerprint density at radius 3 is 2.33 bits per heavy atom. The van der Waals surface area contributed by atoms with Gasteiger partial charge in [-0.15, -0.1) is 0 Å². The Morgan fingerprint density at radius 1 is 1.83 bits per heavy atom. The number of alkyl halides is 2. The zero-order valence-corrected chi connectivity index (χ0v) is 3.54. The lowest BCUT2D eigenvalue weighted by atomic mass is 10.4. The molecule has 0 aromatic carbocycles. The molecule has 2 heteroatoms. The highest BCUT2D eigenvalue weighted by Gasteiger charge is 1.95. The quantitative estimate of drug-likeness (QED) is 0.493. The fourth-order valence-electron chi connectivity index (χ4n) is 0.154. The first kappa shape index (κ1) is 2.94. The molecule has 0 aromatic rings. The molecule has 0 rings (SSSR count). The molecular weight excluding hydrogens is 86.0 g/mol. The first-order valence-corrected chi connectivity index (χ1v) is 1.70. The standard InChI is InChI=1S/C4H8F2/c1-2-3-4(5)6/h4H,2-3H2,1H3/i2D2. The van der Waals surface area contributed by atoms with Crippen LogP contribution in [0.2, 0.25) is 0 Å². The highest BCUT2D eigenvalue weighted by molar-refractivity contribution is 4.32. The van der Waals surface area contributed by atoms with Gasteiger partial charge in [0.1, 0.15) is 0 Å². The highest BCUT2D eigenvalue weighted by Crippen LogP contribution is 1.99. The van der Waals surface area contributed by atoms with Crippen LogP contribution in [-0.4, -0.2) is 6.43 Å². The van der Waals surface area contributed by atoms with Crippen molar-refractivity contribution in [3.05, 3.63) is 0 Å². The molecule has 0 bridgehead atoms. The van der Waals surface area contributed by atoms with Crippen LogP contribution >= 0.6 is 0 Å². The average molecular weight is 96.1 g/mol. The maximum absolute atomic E-state index is 11.3. The maximum atomic E-state index is 11.3. The Labute approximate surface area is 39.0 Å². The van der Waals surface area contributed by atoms with Crippen LogP contribution in [0.15, 0.2) is 0 Å². The van der Waals surface area contributed by atoms with Gasteiger partial charge in [0, 0.05) is 9.16 Å². The van der Waals surface area contributed by atoms with E-state index in [0.29, 0.717) is 0 Å². The van der Waals surface area contributed by atoms with Gasteiger partial charge in [-0.1, -0.05) is 13.3 Å². The molecular formula is C4H8F2. The van der Waals surface area contributed by atoms with E-state index in [2.05, 4.69) is 0 Å². The molecule has 0 N–H and O–H groups in total. The fourth-order valence-corrected chi connectivity index (χ4v) is 0.154. The van der Waals surface area contributed by atoms with Crippen molar-refractivity contribution in [1.82, 2.24) is 0 Å². The van der Waals surface area contributed by atoms with E-state index < -0.39 is 19.2 Å². The van der Waals surface area contributed by atoms with Crippen molar-refractivity contribution in [2.45, 2.75) is 26.1 Å². The topological polar surface area (TPSA) is 0 Å². The summed E-state index contributed by atoms with van der Waals surface area (Å²) in [7, 11) is 0. The van der Waals surface area contributed by atoms with Crippen molar-refractivity contribution in [2.75, 3.05) is 0 Å². The molecule has 38 valence electrons. The molecule has 0 nitrogen and oxygen atoms in total. The van der Waals surface area contributed by atoms with Crippen molar-refractivity contribution in [3.8, 4) is 0 Å². The molecule has 0 saturated heterocycles. The summed E-state index contributed by atoms with van der Waals surface area (Å²) in [6, 6.07) is 0. The monoisotopic (exact) mass is 96.1 g/mol. The zero-order valence-electron chi connectivity index (χ0n) is 5.54. The number of hydrogen-bond donors (Lipinski definition) is 0. The fraction of sp³-hybridized carbons (Fsp3) is 1.00. The smallest absolute Gasteiger partial charge is 0.211 e. The molecule has 0 fully saturated rings. The molecule has 0 atom stereocenters. The molecule has 6 heavy (non-hydrogen) atoms. The largest absolute Gasteiger partial charge is 0.238 e. The van der Waals surface area contributed by atoms with E-state index in [-0.39, 0.29) is 0 Å². The van der Waals surface area contributed by atoms with Crippen LogP contribution in [0.25, 0.3) is 0 Å². The zero-order chi connectivity index (χ0) is 6.78. The third-order valence-electron chi connectivity index (χ3n) is 0.358. The van der Waals surface area contributed by atoms with E-state index in [4.69, 9.17) is 2.74 Å². The molecule has 0 aromatic heterocycles. The van der Waals surface area contributed by atoms with Crippen LogP contribution in [0.3, 0.4) is 0 Å². The molecule has 0 saturated carbocycles. The number of halogens is 2. The summed E-state index contributed by atoms with van der Waals surface area (Å²) < 4.78 is 35.9. The molecule has 0 amide bonds. The average Bonchev–Trinajstić information content (AvgIpc) is 1.21. The van der Waals surface area contributed by atoms with E-state index in [0.717, 1.165) is 6.92 Å². The Bertz CT molecular complexity index is 66.9. The maximum Gasteiger partial charge on any atom is 0.238 e. The Morgan fingerprint density at radius 2 is 2.33 bits per heavy atom. The van der Waals surface area contributed by atoms with Crippen LogP contribution in [0.4, 0.5) is 8.78 Å². The van der Waals surface area contributed by atoms with E-state index in [1.54, 1.807) is 0 Å². The minimum absolute atomic E-state index is 0.674. The predicted octanol–water partition coefficient (Wildman–Crippen LogP) is 2.05. The molecule has 0 aliphatic rings.